The zero-order valence-electron chi connectivity index (χ0n) is 8.65. The lowest BCUT2D eigenvalue weighted by Crippen LogP contribution is -2.35. The van der Waals surface area contributed by atoms with Crippen LogP contribution in [0.15, 0.2) is 0 Å². The number of nitrogens with zero attached hydrogens (tertiary/aromatic N) is 1. The molecule has 0 rings (SSSR count). The molecular weight excluding hydrogens is 204 g/mol. The van der Waals surface area contributed by atoms with E-state index in [0.717, 1.165) is 6.42 Å². The summed E-state index contributed by atoms with van der Waals surface area (Å²) in [6.07, 6.45) is 1.30. The maximum Gasteiger partial charge on any atom is 0.214 e. The van der Waals surface area contributed by atoms with Crippen molar-refractivity contribution in [1.82, 2.24) is 4.31 Å². The summed E-state index contributed by atoms with van der Waals surface area (Å²) in [7, 11) is -3.19. The Labute approximate surface area is 85.9 Å². The van der Waals surface area contributed by atoms with Crippen LogP contribution in [0.5, 0.6) is 0 Å². The summed E-state index contributed by atoms with van der Waals surface area (Å²) >= 11 is 0. The van der Waals surface area contributed by atoms with Crippen LogP contribution < -0.4 is 5.73 Å². The van der Waals surface area contributed by atoms with Gasteiger partial charge in [-0.1, -0.05) is 6.92 Å². The van der Waals surface area contributed by atoms with Crippen molar-refractivity contribution in [1.29, 1.82) is 0 Å². The number of likely N-dealkylation sites (N-methyl/N-ethyl adjacent to an activating group) is 1. The number of sulfonamides is 1. The van der Waals surface area contributed by atoms with Crippen molar-refractivity contribution >= 4 is 10.0 Å². The predicted molar refractivity (Wildman–Crippen MR) is 56.4 cm³/mol. The molecule has 86 valence electrons. The molecule has 0 aliphatic rings. The highest BCUT2D eigenvalue weighted by molar-refractivity contribution is 7.89. The SMILES string of the molecule is CCN(CCO)S(=O)(=O)CCCCN. The first kappa shape index (κ1) is 13.8. The van der Waals surface area contributed by atoms with Gasteiger partial charge in [-0.2, -0.15) is 4.31 Å². The number of aliphatic hydroxyl groups excluding tert-OH is 1. The van der Waals surface area contributed by atoms with E-state index in [1.54, 1.807) is 6.92 Å². The van der Waals surface area contributed by atoms with Crippen molar-refractivity contribution < 1.29 is 13.5 Å². The molecule has 0 heterocycles. The third kappa shape index (κ3) is 4.90. The third-order valence-electron chi connectivity index (χ3n) is 1.95. The fourth-order valence-electron chi connectivity index (χ4n) is 1.16. The van der Waals surface area contributed by atoms with Gasteiger partial charge in [-0.25, -0.2) is 8.42 Å². The van der Waals surface area contributed by atoms with Gasteiger partial charge in [0, 0.05) is 13.1 Å². The van der Waals surface area contributed by atoms with E-state index in [1.807, 2.05) is 0 Å². The van der Waals surface area contributed by atoms with Crippen LogP contribution in [0.25, 0.3) is 0 Å². The molecule has 0 atom stereocenters. The molecule has 0 aliphatic carbocycles. The van der Waals surface area contributed by atoms with Gasteiger partial charge in [-0.3, -0.25) is 0 Å². The van der Waals surface area contributed by atoms with Crippen LogP contribution >= 0.6 is 0 Å². The minimum absolute atomic E-state index is 0.123. The molecule has 0 spiro atoms. The fourth-order valence-corrected chi connectivity index (χ4v) is 2.74. The maximum absolute atomic E-state index is 11.6. The first-order valence-electron chi connectivity index (χ1n) is 4.87. The van der Waals surface area contributed by atoms with Gasteiger partial charge in [0.05, 0.1) is 12.4 Å². The molecule has 5 nitrogen and oxygen atoms in total. The molecule has 0 bridgehead atoms. The van der Waals surface area contributed by atoms with E-state index in [4.69, 9.17) is 10.8 Å². The summed E-state index contributed by atoms with van der Waals surface area (Å²) in [5.74, 6) is 0.123. The van der Waals surface area contributed by atoms with Crippen molar-refractivity contribution in [3.8, 4) is 0 Å². The highest BCUT2D eigenvalue weighted by Crippen LogP contribution is 2.03. The van der Waals surface area contributed by atoms with Crippen LogP contribution in [0.3, 0.4) is 0 Å². The normalized spacial score (nSPS) is 12.3. The van der Waals surface area contributed by atoms with Gasteiger partial charge in [0.15, 0.2) is 0 Å². The summed E-state index contributed by atoms with van der Waals surface area (Å²) in [5, 5.41) is 8.68. The molecule has 0 amide bonds. The smallest absolute Gasteiger partial charge is 0.214 e. The molecule has 14 heavy (non-hydrogen) atoms. The molecule has 0 aliphatic heterocycles. The first-order valence-corrected chi connectivity index (χ1v) is 6.48. The highest BCUT2D eigenvalue weighted by atomic mass is 32.2. The van der Waals surface area contributed by atoms with Crippen LogP contribution in [0, 0.1) is 0 Å². The Hall–Kier alpha value is -0.170. The second-order valence-corrected chi connectivity index (χ2v) is 5.12. The standard InChI is InChI=1S/C8H20N2O3S/c1-2-10(6-7-11)14(12,13)8-4-3-5-9/h11H,2-9H2,1H3. The van der Waals surface area contributed by atoms with Gasteiger partial charge in [0.2, 0.25) is 10.0 Å². The van der Waals surface area contributed by atoms with Gasteiger partial charge >= 0.3 is 0 Å². The third-order valence-corrected chi connectivity index (χ3v) is 3.98. The van der Waals surface area contributed by atoms with Gasteiger partial charge < -0.3 is 10.8 Å². The zero-order valence-corrected chi connectivity index (χ0v) is 9.46. The molecular formula is C8H20N2O3S. The quantitative estimate of drug-likeness (QED) is 0.538. The highest BCUT2D eigenvalue weighted by Gasteiger charge is 2.18. The summed E-state index contributed by atoms with van der Waals surface area (Å²) < 4.78 is 24.5. The Kier molecular flexibility index (Phi) is 7.08. The fraction of sp³-hybridized carbons (Fsp3) is 1.00. The van der Waals surface area contributed by atoms with Crippen LogP contribution in [0.4, 0.5) is 0 Å². The van der Waals surface area contributed by atoms with E-state index < -0.39 is 10.0 Å². The molecule has 0 aromatic carbocycles. The van der Waals surface area contributed by atoms with E-state index >= 15 is 0 Å². The average molecular weight is 224 g/mol. The maximum atomic E-state index is 11.6. The predicted octanol–water partition coefficient (Wildman–Crippen LogP) is -0.631. The summed E-state index contributed by atoms with van der Waals surface area (Å²) in [5.41, 5.74) is 5.28. The monoisotopic (exact) mass is 224 g/mol. The van der Waals surface area contributed by atoms with Crippen molar-refractivity contribution in [2.45, 2.75) is 19.8 Å². The van der Waals surface area contributed by atoms with Gasteiger partial charge in [-0.05, 0) is 19.4 Å². The molecule has 0 aromatic heterocycles. The summed E-state index contributed by atoms with van der Waals surface area (Å²) in [4.78, 5) is 0. The molecule has 0 fully saturated rings. The summed E-state index contributed by atoms with van der Waals surface area (Å²) in [6.45, 7) is 2.73. The van der Waals surface area contributed by atoms with Crippen molar-refractivity contribution in [2.24, 2.45) is 5.73 Å². The molecule has 0 unspecified atom stereocenters. The van der Waals surface area contributed by atoms with Crippen molar-refractivity contribution in [3.05, 3.63) is 0 Å². The second-order valence-electron chi connectivity index (χ2n) is 3.03. The number of nitrogens with two attached hydrogens (primary N) is 1. The van der Waals surface area contributed by atoms with Crippen LogP contribution in [-0.2, 0) is 10.0 Å². The topological polar surface area (TPSA) is 83.6 Å². The number of aliphatic hydroxyl groups is 1. The minimum atomic E-state index is -3.19. The van der Waals surface area contributed by atoms with Crippen molar-refractivity contribution in [2.75, 3.05) is 32.0 Å². The van der Waals surface area contributed by atoms with Crippen LogP contribution in [0.1, 0.15) is 19.8 Å². The lowest BCUT2D eigenvalue weighted by molar-refractivity contribution is 0.257. The summed E-state index contributed by atoms with van der Waals surface area (Å²) in [6, 6.07) is 0. The van der Waals surface area contributed by atoms with Crippen molar-refractivity contribution in [3.63, 3.8) is 0 Å². The first-order chi connectivity index (χ1) is 6.58. The van der Waals surface area contributed by atoms with E-state index in [1.165, 1.54) is 4.31 Å². The van der Waals surface area contributed by atoms with E-state index in [2.05, 4.69) is 0 Å². The lowest BCUT2D eigenvalue weighted by atomic mass is 10.3. The van der Waals surface area contributed by atoms with E-state index in [-0.39, 0.29) is 18.9 Å². The zero-order chi connectivity index (χ0) is 11.0. The Balaban J connectivity index is 4.12. The Morgan fingerprint density at radius 2 is 2.00 bits per heavy atom. The molecule has 3 N–H and O–H groups in total. The average Bonchev–Trinajstić information content (AvgIpc) is 2.14. The Bertz CT molecular complexity index is 229. The molecule has 6 heteroatoms. The Morgan fingerprint density at radius 3 is 2.43 bits per heavy atom. The molecule has 0 radical (unpaired) electrons. The lowest BCUT2D eigenvalue weighted by Gasteiger charge is -2.18. The van der Waals surface area contributed by atoms with Gasteiger partial charge in [0.25, 0.3) is 0 Å². The largest absolute Gasteiger partial charge is 0.395 e. The molecule has 0 saturated heterocycles. The van der Waals surface area contributed by atoms with E-state index in [0.29, 0.717) is 19.5 Å². The number of hydrogen-bond acceptors (Lipinski definition) is 4. The second kappa shape index (κ2) is 7.17. The van der Waals surface area contributed by atoms with E-state index in [9.17, 15) is 8.42 Å². The van der Waals surface area contributed by atoms with Gasteiger partial charge in [0.1, 0.15) is 0 Å². The van der Waals surface area contributed by atoms with Crippen LogP contribution in [-0.4, -0.2) is 49.8 Å². The number of rotatable bonds is 8. The van der Waals surface area contributed by atoms with Crippen LogP contribution in [0.2, 0.25) is 0 Å². The Morgan fingerprint density at radius 1 is 1.36 bits per heavy atom. The number of hydrogen-bond donors (Lipinski definition) is 2. The molecule has 0 aromatic rings. The van der Waals surface area contributed by atoms with Gasteiger partial charge in [-0.15, -0.1) is 0 Å². The molecule has 0 saturated carbocycles. The minimum Gasteiger partial charge on any atom is -0.395 e. The number of unbranched alkanes of at least 4 members (excludes halogenated alkanes) is 1.